The second-order valence-electron chi connectivity index (χ2n) is 4.97. The first-order valence-corrected chi connectivity index (χ1v) is 7.31. The molecule has 0 fully saturated rings. The van der Waals surface area contributed by atoms with Crippen LogP contribution in [0.2, 0.25) is 0 Å². The number of ether oxygens (including phenoxy) is 1. The van der Waals surface area contributed by atoms with E-state index < -0.39 is 0 Å². The van der Waals surface area contributed by atoms with Crippen LogP contribution in [0.4, 0.5) is 0 Å². The molecule has 0 bridgehead atoms. The molecule has 2 nitrogen and oxygen atoms in total. The van der Waals surface area contributed by atoms with Crippen molar-refractivity contribution in [1.29, 1.82) is 0 Å². The quantitative estimate of drug-likeness (QED) is 0.387. The molecule has 0 radical (unpaired) electrons. The molecule has 0 aliphatic carbocycles. The van der Waals surface area contributed by atoms with E-state index in [0.717, 1.165) is 12.3 Å². The van der Waals surface area contributed by atoms with Gasteiger partial charge in [-0.15, -0.1) is 0 Å². The second kappa shape index (κ2) is 11.9. The van der Waals surface area contributed by atoms with Crippen LogP contribution < -0.4 is 0 Å². The molecule has 0 aromatic heterocycles. The van der Waals surface area contributed by atoms with Crippen LogP contribution >= 0.6 is 0 Å². The third-order valence-electron chi connectivity index (χ3n) is 3.42. The van der Waals surface area contributed by atoms with Gasteiger partial charge in [0.2, 0.25) is 0 Å². The fourth-order valence-electron chi connectivity index (χ4n) is 2.22. The van der Waals surface area contributed by atoms with E-state index >= 15 is 0 Å². The average molecular weight is 242 g/mol. The number of hydrogen-bond acceptors (Lipinski definition) is 2. The van der Waals surface area contributed by atoms with Gasteiger partial charge < -0.3 is 4.74 Å². The first-order valence-electron chi connectivity index (χ1n) is 7.31. The molecule has 17 heavy (non-hydrogen) atoms. The van der Waals surface area contributed by atoms with E-state index in [4.69, 9.17) is 4.74 Å². The Morgan fingerprint density at radius 2 is 1.47 bits per heavy atom. The molecule has 0 saturated heterocycles. The number of carbonyl (C=O) groups excluding carboxylic acids is 1. The van der Waals surface area contributed by atoms with E-state index in [0.29, 0.717) is 6.42 Å². The van der Waals surface area contributed by atoms with E-state index in [-0.39, 0.29) is 5.97 Å². The molecule has 0 spiro atoms. The van der Waals surface area contributed by atoms with E-state index in [2.05, 4.69) is 13.8 Å². The van der Waals surface area contributed by atoms with Crippen LogP contribution in [0.25, 0.3) is 0 Å². The van der Waals surface area contributed by atoms with Crippen LogP contribution in [0.1, 0.15) is 78.1 Å². The van der Waals surface area contributed by atoms with Crippen molar-refractivity contribution >= 4 is 5.97 Å². The standard InChI is InChI=1S/C15H30O2/c1-4-6-8-10-14(11-9-7-5-2)12-13-15(16)17-3/h14H,4-13H2,1-3H3. The smallest absolute Gasteiger partial charge is 0.305 e. The minimum Gasteiger partial charge on any atom is -0.469 e. The zero-order chi connectivity index (χ0) is 12.9. The average Bonchev–Trinajstić information content (AvgIpc) is 2.35. The van der Waals surface area contributed by atoms with Crippen molar-refractivity contribution in [1.82, 2.24) is 0 Å². The summed E-state index contributed by atoms with van der Waals surface area (Å²) in [6.07, 6.45) is 12.0. The van der Waals surface area contributed by atoms with Gasteiger partial charge in [-0.05, 0) is 12.3 Å². The highest BCUT2D eigenvalue weighted by atomic mass is 16.5. The van der Waals surface area contributed by atoms with Gasteiger partial charge in [0.05, 0.1) is 7.11 Å². The molecule has 0 rings (SSSR count). The third kappa shape index (κ3) is 10.3. The highest BCUT2D eigenvalue weighted by molar-refractivity contribution is 5.69. The molecule has 0 N–H and O–H groups in total. The van der Waals surface area contributed by atoms with Gasteiger partial charge in [0.1, 0.15) is 0 Å². The molecule has 0 aromatic carbocycles. The maximum absolute atomic E-state index is 11.2. The van der Waals surface area contributed by atoms with Crippen molar-refractivity contribution in [3.05, 3.63) is 0 Å². The summed E-state index contributed by atoms with van der Waals surface area (Å²) in [6.45, 7) is 4.47. The molecular formula is C15H30O2. The topological polar surface area (TPSA) is 26.3 Å². The minimum absolute atomic E-state index is 0.0546. The molecule has 102 valence electrons. The largest absolute Gasteiger partial charge is 0.469 e. The summed E-state index contributed by atoms with van der Waals surface area (Å²) >= 11 is 0. The van der Waals surface area contributed by atoms with E-state index in [1.165, 1.54) is 58.5 Å². The number of unbranched alkanes of at least 4 members (excludes halogenated alkanes) is 4. The van der Waals surface area contributed by atoms with Gasteiger partial charge in [0, 0.05) is 6.42 Å². The lowest BCUT2D eigenvalue weighted by atomic mass is 9.91. The fourth-order valence-corrected chi connectivity index (χ4v) is 2.22. The Morgan fingerprint density at radius 1 is 0.941 bits per heavy atom. The SMILES string of the molecule is CCCCCC(CCCCC)CCC(=O)OC. The Hall–Kier alpha value is -0.530. The Bertz CT molecular complexity index is 168. The normalized spacial score (nSPS) is 10.8. The van der Waals surface area contributed by atoms with Crippen molar-refractivity contribution in [2.75, 3.05) is 7.11 Å². The zero-order valence-electron chi connectivity index (χ0n) is 12.0. The van der Waals surface area contributed by atoms with E-state index in [1.54, 1.807) is 0 Å². The fraction of sp³-hybridized carbons (Fsp3) is 0.933. The van der Waals surface area contributed by atoms with Crippen LogP contribution in [0.5, 0.6) is 0 Å². The van der Waals surface area contributed by atoms with Gasteiger partial charge in [-0.2, -0.15) is 0 Å². The number of carbonyl (C=O) groups is 1. The van der Waals surface area contributed by atoms with E-state index in [9.17, 15) is 4.79 Å². The van der Waals surface area contributed by atoms with Gasteiger partial charge in [-0.3, -0.25) is 4.79 Å². The third-order valence-corrected chi connectivity index (χ3v) is 3.42. The summed E-state index contributed by atoms with van der Waals surface area (Å²) in [5.41, 5.74) is 0. The molecule has 0 saturated carbocycles. The van der Waals surface area contributed by atoms with Crippen LogP contribution in [0.15, 0.2) is 0 Å². The predicted octanol–water partition coefficient (Wildman–Crippen LogP) is 4.72. The predicted molar refractivity (Wildman–Crippen MR) is 73.0 cm³/mol. The molecule has 0 heterocycles. The van der Waals surface area contributed by atoms with Gasteiger partial charge in [0.15, 0.2) is 0 Å². The maximum atomic E-state index is 11.2. The zero-order valence-corrected chi connectivity index (χ0v) is 12.0. The van der Waals surface area contributed by atoms with Gasteiger partial charge in [-0.1, -0.05) is 65.2 Å². The van der Waals surface area contributed by atoms with Gasteiger partial charge >= 0.3 is 5.97 Å². The summed E-state index contributed by atoms with van der Waals surface area (Å²) in [5, 5.41) is 0. The van der Waals surface area contributed by atoms with Gasteiger partial charge in [-0.25, -0.2) is 0 Å². The molecular weight excluding hydrogens is 212 g/mol. The van der Waals surface area contributed by atoms with Crippen molar-refractivity contribution in [3.63, 3.8) is 0 Å². The Morgan fingerprint density at radius 3 is 1.88 bits per heavy atom. The lowest BCUT2D eigenvalue weighted by Gasteiger charge is -2.16. The Balaban J connectivity index is 3.79. The first kappa shape index (κ1) is 16.5. The lowest BCUT2D eigenvalue weighted by Crippen LogP contribution is -2.07. The van der Waals surface area contributed by atoms with Crippen LogP contribution in [-0.2, 0) is 9.53 Å². The number of rotatable bonds is 11. The summed E-state index contributed by atoms with van der Waals surface area (Å²) in [7, 11) is 1.48. The molecule has 0 amide bonds. The lowest BCUT2D eigenvalue weighted by molar-refractivity contribution is -0.141. The van der Waals surface area contributed by atoms with Crippen molar-refractivity contribution in [3.8, 4) is 0 Å². The van der Waals surface area contributed by atoms with Crippen LogP contribution in [-0.4, -0.2) is 13.1 Å². The molecule has 0 aromatic rings. The highest BCUT2D eigenvalue weighted by Crippen LogP contribution is 2.22. The molecule has 0 aliphatic rings. The summed E-state index contributed by atoms with van der Waals surface area (Å²) < 4.78 is 4.71. The minimum atomic E-state index is -0.0546. The molecule has 0 unspecified atom stereocenters. The van der Waals surface area contributed by atoms with Crippen molar-refractivity contribution < 1.29 is 9.53 Å². The summed E-state index contributed by atoms with van der Waals surface area (Å²) in [4.78, 5) is 11.2. The second-order valence-corrected chi connectivity index (χ2v) is 4.97. The summed E-state index contributed by atoms with van der Waals surface area (Å²) in [6, 6.07) is 0. The van der Waals surface area contributed by atoms with Crippen LogP contribution in [0.3, 0.4) is 0 Å². The van der Waals surface area contributed by atoms with Crippen LogP contribution in [0, 0.1) is 5.92 Å². The monoisotopic (exact) mass is 242 g/mol. The maximum Gasteiger partial charge on any atom is 0.305 e. The molecule has 2 heteroatoms. The number of hydrogen-bond donors (Lipinski definition) is 0. The molecule has 0 atom stereocenters. The van der Waals surface area contributed by atoms with Crippen molar-refractivity contribution in [2.24, 2.45) is 5.92 Å². The Kier molecular flexibility index (Phi) is 11.6. The molecule has 0 aliphatic heterocycles. The highest BCUT2D eigenvalue weighted by Gasteiger charge is 2.11. The number of esters is 1. The first-order chi connectivity index (χ1) is 8.24. The number of methoxy groups -OCH3 is 1. The Labute approximate surface area is 107 Å². The van der Waals surface area contributed by atoms with Gasteiger partial charge in [0.25, 0.3) is 0 Å². The van der Waals surface area contributed by atoms with Crippen molar-refractivity contribution in [2.45, 2.75) is 78.1 Å². The summed E-state index contributed by atoms with van der Waals surface area (Å²) in [5.74, 6) is 0.674. The van der Waals surface area contributed by atoms with E-state index in [1.807, 2.05) is 0 Å².